The molecule has 5 aromatic rings. The van der Waals surface area contributed by atoms with Crippen molar-refractivity contribution in [1.82, 2.24) is 5.32 Å². The van der Waals surface area contributed by atoms with Gasteiger partial charge in [0.25, 0.3) is 11.8 Å². The number of benzene rings is 5. The lowest BCUT2D eigenvalue weighted by molar-refractivity contribution is -0.131. The summed E-state index contributed by atoms with van der Waals surface area (Å²) in [6, 6.07) is 27.0. The Balaban J connectivity index is 0.900. The molecule has 0 saturated carbocycles. The number of hydrogen-bond donors (Lipinski definition) is 2. The van der Waals surface area contributed by atoms with Crippen LogP contribution >= 0.6 is 21.6 Å². The summed E-state index contributed by atoms with van der Waals surface area (Å²) >= 11 is 0. The highest BCUT2D eigenvalue weighted by atomic mass is 33.1. The molecule has 0 aliphatic carbocycles. The van der Waals surface area contributed by atoms with Crippen LogP contribution in [0.1, 0.15) is 136 Å². The average molecular weight is 1130 g/mol. The molecule has 15 nitrogen and oxygen atoms in total. The number of ketones is 2. The van der Waals surface area contributed by atoms with Crippen LogP contribution in [0, 0.1) is 18.8 Å². The maximum Gasteiger partial charge on any atom is 0.261 e. The molecule has 0 aromatic heterocycles. The van der Waals surface area contributed by atoms with E-state index in [1.54, 1.807) is 70.0 Å². The molecule has 0 fully saturated rings. The molecule has 0 saturated heterocycles. The fourth-order valence-corrected chi connectivity index (χ4v) is 13.3. The van der Waals surface area contributed by atoms with Gasteiger partial charge in [-0.1, -0.05) is 92.6 Å². The number of methoxy groups -OCH3 is 1. The van der Waals surface area contributed by atoms with E-state index in [2.05, 4.69) is 31.4 Å². The van der Waals surface area contributed by atoms with Crippen molar-refractivity contribution in [2.24, 2.45) is 21.8 Å². The predicted octanol–water partition coefficient (Wildman–Crippen LogP) is 12.5. The Morgan fingerprint density at radius 2 is 1.31 bits per heavy atom. The maximum atomic E-state index is 14.1. The van der Waals surface area contributed by atoms with Crippen molar-refractivity contribution >= 4 is 97.6 Å². The van der Waals surface area contributed by atoms with Crippen LogP contribution in [0.5, 0.6) is 17.2 Å². The van der Waals surface area contributed by atoms with Crippen molar-refractivity contribution in [3.8, 4) is 17.2 Å². The molecule has 1 unspecified atom stereocenters. The van der Waals surface area contributed by atoms with E-state index < -0.39 is 17.9 Å². The van der Waals surface area contributed by atoms with E-state index in [9.17, 15) is 28.8 Å². The first-order valence-electron chi connectivity index (χ1n) is 27.9. The summed E-state index contributed by atoms with van der Waals surface area (Å²) in [7, 11) is 4.96. The standard InChI is InChI=1S/C64H72N6O9S2/c1-10-48(71)20-19-40(6)80-81-64(7,8)22-21-59(73)68-60(37(2)3)55(72)24-39(5)61(74)67-45-26-41(35-78-56-31-51-49(23-38(56)4)62(75)69-46(33-65-51)28-43-15-11-13-17-53(43)69)25-42(27-45)36-79-58-32-52-50(30-57(58)77-9)63(76)70-47(34-66-52)29-44-16-12-14-18-54(44)70/h11-18,23,25-27,30-34,37,39-40,46-47,60H,10,19-22,24,28-29,35-36H2,1-9H3,(H,67,74)(H,68,73)/t39-,40?,46+,47+,60+/m1/s1. The zero-order valence-corrected chi connectivity index (χ0v) is 49.3. The maximum absolute atomic E-state index is 14.1. The molecule has 4 aliphatic heterocycles. The third-order valence-electron chi connectivity index (χ3n) is 15.3. The Labute approximate surface area is 482 Å². The molecule has 0 bridgehead atoms. The van der Waals surface area contributed by atoms with Gasteiger partial charge in [-0.25, -0.2) is 0 Å². The first-order valence-corrected chi connectivity index (χ1v) is 30.2. The van der Waals surface area contributed by atoms with Crippen molar-refractivity contribution < 1.29 is 43.0 Å². The van der Waals surface area contributed by atoms with E-state index in [4.69, 9.17) is 24.2 Å². The van der Waals surface area contributed by atoms with Crippen LogP contribution in [0.4, 0.5) is 28.4 Å². The van der Waals surface area contributed by atoms with E-state index >= 15 is 0 Å². The highest BCUT2D eigenvalue weighted by Gasteiger charge is 2.38. The number of carbonyl (C=O) groups is 6. The van der Waals surface area contributed by atoms with Crippen molar-refractivity contribution in [3.05, 3.63) is 130 Å². The monoisotopic (exact) mass is 1130 g/mol. The minimum Gasteiger partial charge on any atom is -0.493 e. The van der Waals surface area contributed by atoms with Crippen LogP contribution in [0.2, 0.25) is 0 Å². The summed E-state index contributed by atoms with van der Waals surface area (Å²) in [6.45, 7) is 15.6. The van der Waals surface area contributed by atoms with Gasteiger partial charge in [-0.15, -0.1) is 0 Å². The number of carbonyl (C=O) groups excluding carboxylic acids is 6. The molecule has 17 heteroatoms. The highest BCUT2D eigenvalue weighted by molar-refractivity contribution is 8.77. The highest BCUT2D eigenvalue weighted by Crippen LogP contribution is 2.44. The number of anilines is 3. The number of hydrogen-bond acceptors (Lipinski definition) is 13. The van der Waals surface area contributed by atoms with Crippen LogP contribution in [0.25, 0.3) is 0 Å². The lowest BCUT2D eigenvalue weighted by atomic mass is 9.92. The third-order valence-corrected chi connectivity index (χ3v) is 19.2. The SMILES string of the molecule is CCC(=O)CCC(C)SSC(C)(C)CCC(=O)N[C@H](C(=O)C[C@@H](C)C(=O)Nc1cc(COc2cc3c(cc2C)C(=O)N2c4ccccc4C[C@H]2C=N3)cc(COc2cc3c(cc2OC)C(=O)N2c4ccccc4C[C@H]2C=N3)c1)C(C)C. The minimum absolute atomic E-state index is 0.0139. The lowest BCUT2D eigenvalue weighted by Crippen LogP contribution is -2.45. The summed E-state index contributed by atoms with van der Waals surface area (Å²) in [4.78, 5) is 94.7. The zero-order valence-electron chi connectivity index (χ0n) is 47.6. The first-order chi connectivity index (χ1) is 38.8. The number of rotatable bonds is 24. The first kappa shape index (κ1) is 58.4. The number of fused-ring (bicyclic) bond motifs is 8. The van der Waals surface area contributed by atoms with Crippen LogP contribution in [-0.4, -0.2) is 82.9 Å². The van der Waals surface area contributed by atoms with Gasteiger partial charge in [0.2, 0.25) is 11.8 Å². The summed E-state index contributed by atoms with van der Waals surface area (Å²) in [5, 5.41) is 6.31. The normalized spacial score (nSPS) is 16.9. The van der Waals surface area contributed by atoms with Gasteiger partial charge < -0.3 is 24.8 Å². The quantitative estimate of drug-likeness (QED) is 0.0560. The van der Waals surface area contributed by atoms with Gasteiger partial charge in [-0.3, -0.25) is 48.6 Å². The second-order valence-electron chi connectivity index (χ2n) is 22.5. The largest absolute Gasteiger partial charge is 0.493 e. The van der Waals surface area contributed by atoms with Crippen molar-refractivity contribution in [1.29, 1.82) is 0 Å². The Morgan fingerprint density at radius 1 is 0.741 bits per heavy atom. The Kier molecular flexibility index (Phi) is 18.2. The zero-order chi connectivity index (χ0) is 57.7. The van der Waals surface area contributed by atoms with Gasteiger partial charge in [-0.2, -0.15) is 0 Å². The summed E-state index contributed by atoms with van der Waals surface area (Å²) in [6.07, 6.45) is 7.61. The number of para-hydroxylation sites is 2. The second kappa shape index (κ2) is 25.3. The van der Waals surface area contributed by atoms with E-state index in [0.29, 0.717) is 93.9 Å². The van der Waals surface area contributed by atoms with Crippen molar-refractivity contribution in [3.63, 3.8) is 0 Å². The van der Waals surface area contributed by atoms with Crippen LogP contribution in [0.15, 0.2) is 101 Å². The van der Waals surface area contributed by atoms with Crippen molar-refractivity contribution in [2.75, 3.05) is 22.2 Å². The van der Waals surface area contributed by atoms with E-state index in [0.717, 1.165) is 34.5 Å². The van der Waals surface area contributed by atoms with E-state index in [1.165, 1.54) is 7.11 Å². The minimum atomic E-state index is -0.782. The van der Waals surface area contributed by atoms with Crippen molar-refractivity contribution in [2.45, 2.75) is 148 Å². The number of amides is 4. The molecular formula is C64H72N6O9S2. The topological polar surface area (TPSA) is 185 Å². The van der Waals surface area contributed by atoms with Gasteiger partial charge in [0.05, 0.1) is 47.7 Å². The average Bonchev–Trinajstić information content (AvgIpc) is 4.19. The van der Waals surface area contributed by atoms with Gasteiger partial charge in [0.1, 0.15) is 24.7 Å². The molecule has 424 valence electrons. The summed E-state index contributed by atoms with van der Waals surface area (Å²) in [5.41, 5.74) is 8.29. The third kappa shape index (κ3) is 13.6. The van der Waals surface area contributed by atoms with Gasteiger partial charge in [0, 0.05) is 96.1 Å². The molecule has 2 N–H and O–H groups in total. The fraction of sp³-hybridized carbons (Fsp3) is 0.406. The van der Waals surface area contributed by atoms with E-state index in [-0.39, 0.29) is 78.1 Å². The molecule has 5 aromatic carbocycles. The van der Waals surface area contributed by atoms with Gasteiger partial charge in [0.15, 0.2) is 17.3 Å². The van der Waals surface area contributed by atoms with Crippen LogP contribution in [0.3, 0.4) is 0 Å². The Bertz CT molecular complexity index is 3320. The molecule has 81 heavy (non-hydrogen) atoms. The number of aliphatic imine (C=N–C) groups is 2. The number of aryl methyl sites for hydroxylation is 1. The summed E-state index contributed by atoms with van der Waals surface area (Å²) in [5.74, 6) is -0.645. The Morgan fingerprint density at radius 3 is 1.89 bits per heavy atom. The number of nitrogens with zero attached hydrogens (tertiary/aromatic N) is 4. The second-order valence-corrected chi connectivity index (χ2v) is 25.9. The van der Waals surface area contributed by atoms with Gasteiger partial charge in [-0.05, 0) is 110 Å². The fourth-order valence-electron chi connectivity index (χ4n) is 10.6. The van der Waals surface area contributed by atoms with E-state index in [1.807, 2.05) is 99.5 Å². The summed E-state index contributed by atoms with van der Waals surface area (Å²) < 4.78 is 18.6. The number of nitrogens with one attached hydrogen (secondary N) is 2. The molecule has 4 amide bonds. The lowest BCUT2D eigenvalue weighted by Gasteiger charge is -2.26. The molecular weight excluding hydrogens is 1060 g/mol. The number of Topliss-reactive ketones (excluding diaryl/α,β-unsaturated/α-hetero) is 2. The number of ether oxygens (including phenoxy) is 3. The van der Waals surface area contributed by atoms with Crippen LogP contribution < -0.4 is 34.6 Å². The van der Waals surface area contributed by atoms with Gasteiger partial charge >= 0.3 is 0 Å². The molecule has 9 rings (SSSR count). The molecule has 4 aliphatic rings. The Hall–Kier alpha value is -7.24. The van der Waals surface area contributed by atoms with Crippen LogP contribution in [-0.2, 0) is 45.2 Å². The molecule has 0 spiro atoms. The smallest absolute Gasteiger partial charge is 0.261 e. The predicted molar refractivity (Wildman–Crippen MR) is 324 cm³/mol. The molecule has 0 radical (unpaired) electrons. The molecule has 4 heterocycles. The molecule has 5 atom stereocenters.